The first-order chi connectivity index (χ1) is 10.3. The summed E-state index contributed by atoms with van der Waals surface area (Å²) in [5.41, 5.74) is 0. The third kappa shape index (κ3) is 3.60. The smallest absolute Gasteiger partial charge is 0.306 e. The van der Waals surface area contributed by atoms with E-state index in [-0.39, 0.29) is 24.4 Å². The Labute approximate surface area is 123 Å². The Hall–Kier alpha value is -1.90. The summed E-state index contributed by atoms with van der Waals surface area (Å²) in [5.74, 6) is 1.26. The SMILES string of the molecule is N#C[C@H]1CCCC[C@H]1OC(=O)CCc1nc(C2CC2)no1. The average Bonchev–Trinajstić information content (AvgIpc) is 3.25. The second-order valence-corrected chi connectivity index (χ2v) is 5.87. The minimum atomic E-state index is -0.284. The van der Waals surface area contributed by atoms with E-state index in [1.54, 1.807) is 0 Å². The van der Waals surface area contributed by atoms with Crippen molar-refractivity contribution < 1.29 is 14.1 Å². The van der Waals surface area contributed by atoms with Crippen molar-refractivity contribution in [2.45, 2.75) is 63.4 Å². The number of esters is 1. The molecule has 2 atom stereocenters. The van der Waals surface area contributed by atoms with Crippen molar-refractivity contribution in [1.82, 2.24) is 10.1 Å². The molecule has 0 saturated heterocycles. The van der Waals surface area contributed by atoms with Crippen molar-refractivity contribution in [2.75, 3.05) is 0 Å². The first-order valence-electron chi connectivity index (χ1n) is 7.68. The standard InChI is InChI=1S/C15H19N3O3/c16-9-11-3-1-2-4-12(11)20-14(19)8-7-13-17-15(18-21-13)10-5-6-10/h10-12H,1-8H2/t11-,12-/m1/s1. The number of nitriles is 1. The van der Waals surface area contributed by atoms with Crippen LogP contribution in [0.2, 0.25) is 0 Å². The lowest BCUT2D eigenvalue weighted by atomic mass is 9.87. The van der Waals surface area contributed by atoms with E-state index in [0.717, 1.165) is 44.3 Å². The van der Waals surface area contributed by atoms with E-state index in [4.69, 9.17) is 14.5 Å². The highest BCUT2D eigenvalue weighted by molar-refractivity contribution is 5.69. The Morgan fingerprint density at radius 1 is 1.33 bits per heavy atom. The minimum Gasteiger partial charge on any atom is -0.461 e. The minimum absolute atomic E-state index is 0.160. The molecule has 1 aromatic rings. The van der Waals surface area contributed by atoms with Gasteiger partial charge in [0.25, 0.3) is 0 Å². The third-order valence-corrected chi connectivity index (χ3v) is 4.12. The Bertz CT molecular complexity index is 545. The summed E-state index contributed by atoms with van der Waals surface area (Å²) in [6.45, 7) is 0. The highest BCUT2D eigenvalue weighted by Gasteiger charge is 2.30. The van der Waals surface area contributed by atoms with Crippen LogP contribution in [0.3, 0.4) is 0 Å². The van der Waals surface area contributed by atoms with Gasteiger partial charge in [-0.25, -0.2) is 0 Å². The molecule has 21 heavy (non-hydrogen) atoms. The molecule has 3 rings (SSSR count). The van der Waals surface area contributed by atoms with Gasteiger partial charge < -0.3 is 9.26 Å². The van der Waals surface area contributed by atoms with Crippen LogP contribution in [0, 0.1) is 17.2 Å². The summed E-state index contributed by atoms with van der Waals surface area (Å²) in [4.78, 5) is 16.2. The summed E-state index contributed by atoms with van der Waals surface area (Å²) in [5, 5.41) is 13.0. The molecular formula is C15H19N3O3. The van der Waals surface area contributed by atoms with Gasteiger partial charge in [0.1, 0.15) is 6.10 Å². The number of nitrogens with zero attached hydrogens (tertiary/aromatic N) is 3. The van der Waals surface area contributed by atoms with Crippen molar-refractivity contribution in [2.24, 2.45) is 5.92 Å². The van der Waals surface area contributed by atoms with Gasteiger partial charge in [-0.05, 0) is 32.1 Å². The maximum absolute atomic E-state index is 11.9. The molecule has 0 spiro atoms. The molecule has 0 amide bonds. The summed E-state index contributed by atoms with van der Waals surface area (Å²) < 4.78 is 10.6. The van der Waals surface area contributed by atoms with E-state index in [1.165, 1.54) is 0 Å². The van der Waals surface area contributed by atoms with Crippen LogP contribution in [0.25, 0.3) is 0 Å². The third-order valence-electron chi connectivity index (χ3n) is 4.12. The average molecular weight is 289 g/mol. The predicted molar refractivity (Wildman–Crippen MR) is 72.0 cm³/mol. The Morgan fingerprint density at radius 2 is 2.14 bits per heavy atom. The number of hydrogen-bond acceptors (Lipinski definition) is 6. The molecule has 2 aliphatic rings. The van der Waals surface area contributed by atoms with Gasteiger partial charge >= 0.3 is 5.97 Å². The summed E-state index contributed by atoms with van der Waals surface area (Å²) in [6.07, 6.45) is 6.29. The molecule has 112 valence electrons. The number of hydrogen-bond donors (Lipinski definition) is 0. The summed E-state index contributed by atoms with van der Waals surface area (Å²) in [6, 6.07) is 2.24. The predicted octanol–water partition coefficient (Wildman–Crippen LogP) is 2.51. The van der Waals surface area contributed by atoms with Crippen LogP contribution in [0.15, 0.2) is 4.52 Å². The highest BCUT2D eigenvalue weighted by atomic mass is 16.5. The van der Waals surface area contributed by atoms with Crippen LogP contribution in [-0.2, 0) is 16.0 Å². The van der Waals surface area contributed by atoms with Crippen LogP contribution in [0.5, 0.6) is 0 Å². The van der Waals surface area contributed by atoms with Crippen LogP contribution in [0.4, 0.5) is 0 Å². The maximum atomic E-state index is 11.9. The molecule has 0 bridgehead atoms. The molecule has 1 aromatic heterocycles. The molecule has 2 fully saturated rings. The number of ether oxygens (including phenoxy) is 1. The summed E-state index contributed by atoms with van der Waals surface area (Å²) >= 11 is 0. The van der Waals surface area contributed by atoms with Crippen LogP contribution in [-0.4, -0.2) is 22.2 Å². The van der Waals surface area contributed by atoms with Crippen LogP contribution < -0.4 is 0 Å². The van der Waals surface area contributed by atoms with Gasteiger partial charge in [-0.3, -0.25) is 4.79 Å². The molecule has 2 aliphatic carbocycles. The van der Waals surface area contributed by atoms with Gasteiger partial charge in [0.05, 0.1) is 18.4 Å². The largest absolute Gasteiger partial charge is 0.461 e. The second kappa shape index (κ2) is 6.25. The lowest BCUT2D eigenvalue weighted by Crippen LogP contribution is -2.29. The highest BCUT2D eigenvalue weighted by Crippen LogP contribution is 2.38. The van der Waals surface area contributed by atoms with E-state index >= 15 is 0 Å². The van der Waals surface area contributed by atoms with Crippen molar-refractivity contribution >= 4 is 5.97 Å². The lowest BCUT2D eigenvalue weighted by Gasteiger charge is -2.26. The molecular weight excluding hydrogens is 270 g/mol. The zero-order valence-electron chi connectivity index (χ0n) is 12.0. The Morgan fingerprint density at radius 3 is 2.90 bits per heavy atom. The fourth-order valence-electron chi connectivity index (χ4n) is 2.70. The second-order valence-electron chi connectivity index (χ2n) is 5.87. The molecule has 0 aliphatic heterocycles. The number of carbonyl (C=O) groups excluding carboxylic acids is 1. The molecule has 0 radical (unpaired) electrons. The maximum Gasteiger partial charge on any atom is 0.306 e. The molecule has 6 heteroatoms. The van der Waals surface area contributed by atoms with E-state index in [2.05, 4.69) is 16.2 Å². The molecule has 6 nitrogen and oxygen atoms in total. The molecule has 0 aromatic carbocycles. The lowest BCUT2D eigenvalue weighted by molar-refractivity contribution is -0.152. The van der Waals surface area contributed by atoms with E-state index in [0.29, 0.717) is 18.2 Å². The van der Waals surface area contributed by atoms with E-state index in [9.17, 15) is 4.79 Å². The number of carbonyl (C=O) groups is 1. The normalized spacial score (nSPS) is 25.3. The topological polar surface area (TPSA) is 89.0 Å². The Balaban J connectivity index is 1.46. The van der Waals surface area contributed by atoms with Crippen molar-refractivity contribution in [1.29, 1.82) is 5.26 Å². The zero-order chi connectivity index (χ0) is 14.7. The van der Waals surface area contributed by atoms with Gasteiger partial charge in [-0.2, -0.15) is 10.2 Å². The van der Waals surface area contributed by atoms with Gasteiger partial charge in [0.2, 0.25) is 5.89 Å². The van der Waals surface area contributed by atoms with Gasteiger partial charge in [0.15, 0.2) is 5.82 Å². The first kappa shape index (κ1) is 14.1. The monoisotopic (exact) mass is 289 g/mol. The number of aromatic nitrogens is 2. The molecule has 1 heterocycles. The Kier molecular flexibility index (Phi) is 4.18. The summed E-state index contributed by atoms with van der Waals surface area (Å²) in [7, 11) is 0. The van der Waals surface area contributed by atoms with Gasteiger partial charge in [0, 0.05) is 12.3 Å². The van der Waals surface area contributed by atoms with Crippen molar-refractivity contribution in [3.63, 3.8) is 0 Å². The van der Waals surface area contributed by atoms with E-state index < -0.39 is 0 Å². The fourth-order valence-corrected chi connectivity index (χ4v) is 2.70. The fraction of sp³-hybridized carbons (Fsp3) is 0.733. The molecule has 0 N–H and O–H groups in total. The number of aryl methyl sites for hydroxylation is 1. The van der Waals surface area contributed by atoms with Gasteiger partial charge in [-0.15, -0.1) is 0 Å². The van der Waals surface area contributed by atoms with Gasteiger partial charge in [-0.1, -0.05) is 11.6 Å². The molecule has 2 saturated carbocycles. The number of rotatable bonds is 5. The molecule has 0 unspecified atom stereocenters. The van der Waals surface area contributed by atoms with Crippen LogP contribution in [0.1, 0.15) is 62.6 Å². The zero-order valence-corrected chi connectivity index (χ0v) is 12.0. The quantitative estimate of drug-likeness (QED) is 0.774. The first-order valence-corrected chi connectivity index (χ1v) is 7.68. The van der Waals surface area contributed by atoms with E-state index in [1.807, 2.05) is 0 Å². The van der Waals surface area contributed by atoms with Crippen molar-refractivity contribution in [3.8, 4) is 6.07 Å². The van der Waals surface area contributed by atoms with Crippen molar-refractivity contribution in [3.05, 3.63) is 11.7 Å². The van der Waals surface area contributed by atoms with Crippen LogP contribution >= 0.6 is 0 Å².